The highest BCUT2D eigenvalue weighted by Crippen LogP contribution is 2.22. The first-order chi connectivity index (χ1) is 43.1. The number of nitrogens with zero attached hydrogens (tertiary/aromatic N) is 9. The standard InChI is InChI=1S/C67H104N12O13/c1-41(2)35-52-58(83)69-51(64(89)79-32-25-20-26-33-79)39-50(81)31-34-71(10)44(6)61(86)73(12)45(7)62(87)75(14)53(36-42(3)4)59(84)70-57(47(9)80)67(92)74(13)46(8)63(88)78(17)54(37-48-27-21-18-22-28-48)65(90)72(11)40-56(82)68-43(5)60(85)77(16)55(66(91)76(52)15)38-49-29-23-19-24-30-49/h18-19,21-24,27-30,41-47,51-55,57,80H,20,25-26,31-40H2,1-17H3,(H,68,82)(H,69,83)(H,70,84)/t43-,44+,45-,46-,47+,51-,52-,53-,54-,55-,57-/m0/s1. The molecule has 4 N–H and O–H groups in total. The molecule has 2 aliphatic rings. The first-order valence-corrected chi connectivity index (χ1v) is 32.1. The van der Waals surface area contributed by atoms with Crippen molar-refractivity contribution in [2.75, 3.05) is 82.6 Å². The van der Waals surface area contributed by atoms with Crippen LogP contribution in [0.1, 0.15) is 118 Å². The van der Waals surface area contributed by atoms with Gasteiger partial charge >= 0.3 is 0 Å². The smallest absolute Gasteiger partial charge is 0.248 e. The van der Waals surface area contributed by atoms with Crippen LogP contribution in [0.2, 0.25) is 0 Å². The molecule has 11 amide bonds. The first kappa shape index (κ1) is 76.7. The van der Waals surface area contributed by atoms with Crippen molar-refractivity contribution in [2.24, 2.45) is 11.8 Å². The van der Waals surface area contributed by atoms with Gasteiger partial charge in [0.05, 0.1) is 18.7 Å². The Bertz CT molecular complexity index is 2890. The summed E-state index contributed by atoms with van der Waals surface area (Å²) < 4.78 is 0. The van der Waals surface area contributed by atoms with Gasteiger partial charge in [-0.1, -0.05) is 88.4 Å². The Hall–Kier alpha value is -7.80. The molecule has 0 spiro atoms. The number of aliphatic hydroxyl groups is 1. The molecule has 0 unspecified atom stereocenters. The minimum atomic E-state index is -1.63. The lowest BCUT2D eigenvalue weighted by Gasteiger charge is -2.37. The van der Waals surface area contributed by atoms with Crippen LogP contribution in [-0.2, 0) is 70.4 Å². The quantitative estimate of drug-likeness (QED) is 0.263. The van der Waals surface area contributed by atoms with E-state index in [1.54, 1.807) is 84.4 Å². The van der Waals surface area contributed by atoms with E-state index in [1.165, 1.54) is 96.6 Å². The average Bonchev–Trinajstić information content (AvgIpc) is 0.865. The largest absolute Gasteiger partial charge is 0.391 e. The summed E-state index contributed by atoms with van der Waals surface area (Å²) in [7, 11) is 11.4. The number of Topliss-reactive ketones (excluding diaryl/α,β-unsaturated/α-hetero) is 1. The van der Waals surface area contributed by atoms with E-state index in [0.717, 1.165) is 34.0 Å². The van der Waals surface area contributed by atoms with E-state index in [-0.39, 0.29) is 50.5 Å². The number of ketones is 1. The van der Waals surface area contributed by atoms with Gasteiger partial charge in [-0.25, -0.2) is 0 Å². The normalized spacial score (nSPS) is 26.6. The molecule has 4 rings (SSSR count). The number of hydrogen-bond acceptors (Lipinski definition) is 14. The topological polar surface area (TPSA) is 290 Å². The van der Waals surface area contributed by atoms with Crippen LogP contribution >= 0.6 is 0 Å². The van der Waals surface area contributed by atoms with Crippen molar-refractivity contribution in [3.63, 3.8) is 0 Å². The fourth-order valence-corrected chi connectivity index (χ4v) is 11.6. The first-order valence-electron chi connectivity index (χ1n) is 32.1. The van der Waals surface area contributed by atoms with Gasteiger partial charge in [0.25, 0.3) is 0 Å². The number of nitrogens with one attached hydrogen (secondary N) is 3. The Morgan fingerprint density at radius 3 is 1.39 bits per heavy atom. The van der Waals surface area contributed by atoms with E-state index in [0.29, 0.717) is 24.2 Å². The van der Waals surface area contributed by atoms with Gasteiger partial charge in [0.15, 0.2) is 0 Å². The molecule has 2 heterocycles. The summed E-state index contributed by atoms with van der Waals surface area (Å²) in [5.41, 5.74) is 1.33. The van der Waals surface area contributed by atoms with Crippen LogP contribution in [0, 0.1) is 11.8 Å². The van der Waals surface area contributed by atoms with Crippen LogP contribution in [-0.4, -0.2) is 269 Å². The second-order valence-corrected chi connectivity index (χ2v) is 26.1. The molecule has 2 aromatic carbocycles. The molecule has 2 saturated heterocycles. The molecule has 0 saturated carbocycles. The molecule has 0 radical (unpaired) electrons. The summed E-state index contributed by atoms with van der Waals surface area (Å²) in [4.78, 5) is 185. The van der Waals surface area contributed by atoms with Crippen LogP contribution in [0.15, 0.2) is 60.7 Å². The van der Waals surface area contributed by atoms with Gasteiger partial charge in [0.1, 0.15) is 60.2 Å². The molecule has 25 nitrogen and oxygen atoms in total. The van der Waals surface area contributed by atoms with Gasteiger partial charge < -0.3 is 60.3 Å². The van der Waals surface area contributed by atoms with Crippen LogP contribution in [0.25, 0.3) is 0 Å². The number of carbonyl (C=O) groups is 12. The van der Waals surface area contributed by atoms with Gasteiger partial charge in [-0.15, -0.1) is 0 Å². The average molecular weight is 1290 g/mol. The van der Waals surface area contributed by atoms with E-state index in [2.05, 4.69) is 16.0 Å². The molecule has 2 fully saturated rings. The fraction of sp³-hybridized carbons (Fsp3) is 0.642. The SMILES string of the molecule is CC(C)C[C@H]1C(=O)N[C@@H]([C@@H](C)O)C(=O)N(C)[C@@H](C)C(=O)N(C)[C@@H](Cc2ccccc2)C(=O)N(C)CC(=O)N[C@@H](C)C(=O)N(C)[C@@H](Cc2ccccc2)C(=O)N(C)[C@@H](CC(C)C)C(=O)N[C@H](C(=O)N2CCCCC2)CC(=O)CCN(C)[C@H](C)C(=O)N(C)[C@@H](C)C(=O)N1C. The van der Waals surface area contributed by atoms with E-state index >= 15 is 4.79 Å². The van der Waals surface area contributed by atoms with Crippen LogP contribution in [0.4, 0.5) is 0 Å². The maximum Gasteiger partial charge on any atom is 0.248 e. The van der Waals surface area contributed by atoms with Crippen molar-refractivity contribution in [1.82, 2.24) is 60.0 Å². The highest BCUT2D eigenvalue weighted by Gasteiger charge is 2.43. The van der Waals surface area contributed by atoms with Crippen molar-refractivity contribution in [2.45, 2.75) is 187 Å². The highest BCUT2D eigenvalue weighted by atomic mass is 16.3. The third kappa shape index (κ3) is 20.9. The second-order valence-electron chi connectivity index (χ2n) is 26.1. The summed E-state index contributed by atoms with van der Waals surface area (Å²) in [6, 6.07) is 5.22. The summed E-state index contributed by atoms with van der Waals surface area (Å²) in [6.07, 6.45) is 0.459. The van der Waals surface area contributed by atoms with E-state index in [1.807, 2.05) is 27.7 Å². The lowest BCUT2D eigenvalue weighted by Crippen LogP contribution is -2.61. The van der Waals surface area contributed by atoms with Gasteiger partial charge in [0.2, 0.25) is 65.0 Å². The van der Waals surface area contributed by atoms with Crippen LogP contribution in [0.5, 0.6) is 0 Å². The summed E-state index contributed by atoms with van der Waals surface area (Å²) in [6.45, 7) is 14.9. The zero-order chi connectivity index (χ0) is 69.2. The summed E-state index contributed by atoms with van der Waals surface area (Å²) >= 11 is 0. The van der Waals surface area contributed by atoms with E-state index < -0.39 is 150 Å². The number of carbonyl (C=O) groups excluding carboxylic acids is 12. The predicted molar refractivity (Wildman–Crippen MR) is 347 cm³/mol. The molecule has 0 aromatic heterocycles. The van der Waals surface area contributed by atoms with Crippen LogP contribution < -0.4 is 16.0 Å². The van der Waals surface area contributed by atoms with Crippen molar-refractivity contribution in [3.8, 4) is 0 Å². The number of rotatable bonds is 10. The zero-order valence-corrected chi connectivity index (χ0v) is 57.3. The van der Waals surface area contributed by atoms with Crippen molar-refractivity contribution < 1.29 is 62.6 Å². The Morgan fingerprint density at radius 1 is 0.489 bits per heavy atom. The molecule has 2 aromatic rings. The fourth-order valence-electron chi connectivity index (χ4n) is 11.6. The third-order valence-corrected chi connectivity index (χ3v) is 18.0. The van der Waals surface area contributed by atoms with Crippen LogP contribution in [0.3, 0.4) is 0 Å². The Morgan fingerprint density at radius 2 is 0.913 bits per heavy atom. The number of hydrogen-bond donors (Lipinski definition) is 4. The predicted octanol–water partition coefficient (Wildman–Crippen LogP) is 1.58. The van der Waals surface area contributed by atoms with E-state index in [4.69, 9.17) is 0 Å². The molecule has 92 heavy (non-hydrogen) atoms. The second kappa shape index (κ2) is 35.3. The third-order valence-electron chi connectivity index (χ3n) is 18.0. The van der Waals surface area contributed by atoms with Gasteiger partial charge in [-0.05, 0) is 96.7 Å². The molecule has 11 atom stereocenters. The van der Waals surface area contributed by atoms with Crippen molar-refractivity contribution in [1.29, 1.82) is 0 Å². The van der Waals surface area contributed by atoms with Gasteiger partial charge in [-0.3, -0.25) is 62.4 Å². The molecule has 0 aliphatic carbocycles. The van der Waals surface area contributed by atoms with Crippen molar-refractivity contribution >= 4 is 70.8 Å². The Kier molecular flexibility index (Phi) is 29.4. The van der Waals surface area contributed by atoms with E-state index in [9.17, 15) is 57.8 Å². The monoisotopic (exact) mass is 1280 g/mol. The molecule has 510 valence electrons. The Balaban J connectivity index is 1.82. The molecular weight excluding hydrogens is 1180 g/mol. The number of aliphatic hydroxyl groups excluding tert-OH is 1. The highest BCUT2D eigenvalue weighted by molar-refractivity contribution is 5.99. The number of likely N-dealkylation sites (N-methyl/N-ethyl adjacent to an activating group) is 8. The maximum atomic E-state index is 15.1. The number of likely N-dealkylation sites (tertiary alicyclic amines) is 1. The lowest BCUT2D eigenvalue weighted by molar-refractivity contribution is -0.152. The lowest BCUT2D eigenvalue weighted by atomic mass is 9.98. The molecule has 0 bridgehead atoms. The maximum absolute atomic E-state index is 15.1. The number of amides is 11. The molecular formula is C67H104N12O13. The van der Waals surface area contributed by atoms with Crippen molar-refractivity contribution in [3.05, 3.63) is 71.8 Å². The minimum absolute atomic E-state index is 0.0115. The molecule has 2 aliphatic heterocycles. The molecule has 25 heteroatoms. The van der Waals surface area contributed by atoms with Gasteiger partial charge in [-0.2, -0.15) is 0 Å². The van der Waals surface area contributed by atoms with Gasteiger partial charge in [0, 0.05) is 94.7 Å². The number of benzene rings is 2. The summed E-state index contributed by atoms with van der Waals surface area (Å²) in [5, 5.41) is 19.3. The number of piperidine rings is 1. The minimum Gasteiger partial charge on any atom is -0.391 e. The summed E-state index contributed by atoms with van der Waals surface area (Å²) in [5.74, 6) is -8.16. The zero-order valence-electron chi connectivity index (χ0n) is 57.3. The Labute approximate surface area is 544 Å².